The zero-order chi connectivity index (χ0) is 13.7. The molecule has 0 radical (unpaired) electrons. The largest absolute Gasteiger partial charge is 0.480 e. The molecule has 1 atom stereocenters. The molecule has 19 heavy (non-hydrogen) atoms. The zero-order valence-corrected chi connectivity index (χ0v) is 10.8. The Morgan fingerprint density at radius 1 is 1.42 bits per heavy atom. The van der Waals surface area contributed by atoms with E-state index >= 15 is 0 Å². The van der Waals surface area contributed by atoms with Gasteiger partial charge >= 0.3 is 5.97 Å². The van der Waals surface area contributed by atoms with Gasteiger partial charge < -0.3 is 10.4 Å². The molecule has 1 aromatic carbocycles. The number of rotatable bonds is 6. The van der Waals surface area contributed by atoms with Crippen LogP contribution in [0.4, 0.5) is 5.95 Å². The Hall–Kier alpha value is -2.17. The van der Waals surface area contributed by atoms with Crippen LogP contribution in [0.15, 0.2) is 30.5 Å². The van der Waals surface area contributed by atoms with Crippen molar-refractivity contribution in [2.75, 3.05) is 5.32 Å². The number of nitrogens with one attached hydrogen (secondary N) is 1. The maximum Gasteiger partial charge on any atom is 0.326 e. The van der Waals surface area contributed by atoms with E-state index in [1.807, 2.05) is 31.2 Å². The molecule has 100 valence electrons. The molecule has 5 heteroatoms. The van der Waals surface area contributed by atoms with Crippen molar-refractivity contribution < 1.29 is 9.90 Å². The van der Waals surface area contributed by atoms with E-state index in [1.165, 1.54) is 0 Å². The topological polar surface area (TPSA) is 75.1 Å². The first-order valence-electron chi connectivity index (χ1n) is 6.42. The van der Waals surface area contributed by atoms with Crippen LogP contribution >= 0.6 is 0 Å². The summed E-state index contributed by atoms with van der Waals surface area (Å²) < 4.78 is 0. The molecule has 5 nitrogen and oxygen atoms in total. The summed E-state index contributed by atoms with van der Waals surface area (Å²) in [5, 5.41) is 13.0. The van der Waals surface area contributed by atoms with Crippen LogP contribution in [0.5, 0.6) is 0 Å². The summed E-state index contributed by atoms with van der Waals surface area (Å²) in [5.41, 5.74) is 0.805. The van der Waals surface area contributed by atoms with Gasteiger partial charge in [0, 0.05) is 11.6 Å². The summed E-state index contributed by atoms with van der Waals surface area (Å²) in [6.45, 7) is 2.03. The number of fused-ring (bicyclic) bond motifs is 1. The average Bonchev–Trinajstić information content (AvgIpc) is 2.43. The number of carbonyl (C=O) groups is 1. The van der Waals surface area contributed by atoms with Gasteiger partial charge in [0.25, 0.3) is 0 Å². The van der Waals surface area contributed by atoms with Gasteiger partial charge in [0.2, 0.25) is 5.95 Å². The molecule has 0 bridgehead atoms. The van der Waals surface area contributed by atoms with Crippen molar-refractivity contribution in [1.82, 2.24) is 9.97 Å². The standard InChI is InChI=1S/C14H17N3O2/c1-2-3-7-12(13(18)19)17-14-15-9-10-6-4-5-8-11(10)16-14/h4-6,8-9,12H,2-3,7H2,1H3,(H,18,19)(H,15,16,17). The van der Waals surface area contributed by atoms with Gasteiger partial charge in [0.15, 0.2) is 0 Å². The van der Waals surface area contributed by atoms with Crippen LogP contribution in [0.25, 0.3) is 10.9 Å². The molecular weight excluding hydrogens is 242 g/mol. The van der Waals surface area contributed by atoms with Gasteiger partial charge in [-0.15, -0.1) is 0 Å². The van der Waals surface area contributed by atoms with Gasteiger partial charge in [-0.1, -0.05) is 38.0 Å². The number of carboxylic acid groups (broad SMARTS) is 1. The summed E-state index contributed by atoms with van der Waals surface area (Å²) in [4.78, 5) is 19.6. The highest BCUT2D eigenvalue weighted by atomic mass is 16.4. The molecule has 2 aromatic rings. The van der Waals surface area contributed by atoms with Gasteiger partial charge in [0.05, 0.1) is 5.52 Å². The number of para-hydroxylation sites is 1. The van der Waals surface area contributed by atoms with Crippen molar-refractivity contribution in [3.63, 3.8) is 0 Å². The van der Waals surface area contributed by atoms with E-state index in [9.17, 15) is 4.79 Å². The number of unbranched alkanes of at least 4 members (excludes halogenated alkanes) is 1. The number of carboxylic acids is 1. The molecular formula is C14H17N3O2. The second-order valence-electron chi connectivity index (χ2n) is 4.43. The lowest BCUT2D eigenvalue weighted by molar-refractivity contribution is -0.138. The Balaban J connectivity index is 2.16. The number of anilines is 1. The number of hydrogen-bond donors (Lipinski definition) is 2. The van der Waals surface area contributed by atoms with Crippen LogP contribution < -0.4 is 5.32 Å². The second kappa shape index (κ2) is 6.13. The fourth-order valence-corrected chi connectivity index (χ4v) is 1.86. The van der Waals surface area contributed by atoms with E-state index in [4.69, 9.17) is 5.11 Å². The Morgan fingerprint density at radius 2 is 2.21 bits per heavy atom. The molecule has 0 amide bonds. The molecule has 0 aliphatic rings. The molecule has 2 rings (SSSR count). The van der Waals surface area contributed by atoms with Crippen LogP contribution in [0.3, 0.4) is 0 Å². The van der Waals surface area contributed by atoms with Crippen LogP contribution in [0.2, 0.25) is 0 Å². The van der Waals surface area contributed by atoms with Crippen molar-refractivity contribution in [1.29, 1.82) is 0 Å². The van der Waals surface area contributed by atoms with Crippen molar-refractivity contribution >= 4 is 22.8 Å². The summed E-state index contributed by atoms with van der Waals surface area (Å²) in [6.07, 6.45) is 4.09. The van der Waals surface area contributed by atoms with Crippen molar-refractivity contribution in [3.8, 4) is 0 Å². The summed E-state index contributed by atoms with van der Waals surface area (Å²) in [5.74, 6) is -0.507. The number of nitrogens with zero attached hydrogens (tertiary/aromatic N) is 2. The highest BCUT2D eigenvalue weighted by Crippen LogP contribution is 2.13. The van der Waals surface area contributed by atoms with E-state index in [1.54, 1.807) is 6.20 Å². The lowest BCUT2D eigenvalue weighted by Gasteiger charge is -2.13. The monoisotopic (exact) mass is 259 g/mol. The van der Waals surface area contributed by atoms with Crippen LogP contribution in [-0.4, -0.2) is 27.1 Å². The van der Waals surface area contributed by atoms with Crippen LogP contribution in [-0.2, 0) is 4.79 Å². The van der Waals surface area contributed by atoms with Gasteiger partial charge in [-0.2, -0.15) is 0 Å². The van der Waals surface area contributed by atoms with Crippen molar-refractivity contribution in [2.24, 2.45) is 0 Å². The molecule has 1 heterocycles. The van der Waals surface area contributed by atoms with Gasteiger partial charge in [-0.05, 0) is 12.5 Å². The predicted molar refractivity (Wildman–Crippen MR) is 74.1 cm³/mol. The smallest absolute Gasteiger partial charge is 0.326 e. The van der Waals surface area contributed by atoms with E-state index in [-0.39, 0.29) is 0 Å². The Morgan fingerprint density at radius 3 is 2.95 bits per heavy atom. The quantitative estimate of drug-likeness (QED) is 0.834. The Labute approximate surface area is 111 Å². The first-order chi connectivity index (χ1) is 9.20. The Bertz CT molecular complexity index is 571. The van der Waals surface area contributed by atoms with Gasteiger partial charge in [-0.25, -0.2) is 14.8 Å². The van der Waals surface area contributed by atoms with Gasteiger partial charge in [0.1, 0.15) is 6.04 Å². The van der Waals surface area contributed by atoms with Gasteiger partial charge in [-0.3, -0.25) is 0 Å². The lowest BCUT2D eigenvalue weighted by atomic mass is 10.1. The second-order valence-corrected chi connectivity index (χ2v) is 4.43. The molecule has 0 fully saturated rings. The van der Waals surface area contributed by atoms with Crippen molar-refractivity contribution in [2.45, 2.75) is 32.2 Å². The normalized spacial score (nSPS) is 12.3. The highest BCUT2D eigenvalue weighted by molar-refractivity contribution is 5.80. The van der Waals surface area contributed by atoms with Crippen LogP contribution in [0.1, 0.15) is 26.2 Å². The highest BCUT2D eigenvalue weighted by Gasteiger charge is 2.17. The fourth-order valence-electron chi connectivity index (χ4n) is 1.86. The minimum absolute atomic E-state index is 0.363. The summed E-state index contributed by atoms with van der Waals surface area (Å²) in [7, 11) is 0. The predicted octanol–water partition coefficient (Wildman–Crippen LogP) is 2.69. The van der Waals surface area contributed by atoms with Crippen LogP contribution in [0, 0.1) is 0 Å². The molecule has 1 unspecified atom stereocenters. The third-order valence-electron chi connectivity index (χ3n) is 2.94. The minimum atomic E-state index is -0.870. The molecule has 0 aliphatic heterocycles. The van der Waals surface area contributed by atoms with Crippen molar-refractivity contribution in [3.05, 3.63) is 30.5 Å². The van der Waals surface area contributed by atoms with E-state index in [2.05, 4.69) is 15.3 Å². The Kier molecular flexibility index (Phi) is 4.28. The third-order valence-corrected chi connectivity index (χ3v) is 2.94. The molecule has 0 saturated heterocycles. The van der Waals surface area contributed by atoms with E-state index < -0.39 is 12.0 Å². The molecule has 0 spiro atoms. The lowest BCUT2D eigenvalue weighted by Crippen LogP contribution is -2.30. The maximum atomic E-state index is 11.2. The summed E-state index contributed by atoms with van der Waals surface area (Å²) >= 11 is 0. The maximum absolute atomic E-state index is 11.2. The summed E-state index contributed by atoms with van der Waals surface area (Å²) in [6, 6.07) is 6.97. The SMILES string of the molecule is CCCCC(Nc1ncc2ccccc2n1)C(=O)O. The molecule has 1 aromatic heterocycles. The minimum Gasteiger partial charge on any atom is -0.480 e. The average molecular weight is 259 g/mol. The third kappa shape index (κ3) is 3.40. The molecule has 2 N–H and O–H groups in total. The number of aromatic nitrogens is 2. The fraction of sp³-hybridized carbons (Fsp3) is 0.357. The first kappa shape index (κ1) is 13.3. The number of hydrogen-bond acceptors (Lipinski definition) is 4. The first-order valence-corrected chi connectivity index (χ1v) is 6.42. The van der Waals surface area contributed by atoms with E-state index in [0.717, 1.165) is 23.7 Å². The zero-order valence-electron chi connectivity index (χ0n) is 10.8. The number of aliphatic carboxylic acids is 1. The van der Waals surface area contributed by atoms with E-state index in [0.29, 0.717) is 12.4 Å². The molecule has 0 saturated carbocycles. The number of benzene rings is 1. The molecule has 0 aliphatic carbocycles.